The lowest BCUT2D eigenvalue weighted by molar-refractivity contribution is -0.116. The largest absolute Gasteiger partial charge is 0.378 e. The van der Waals surface area contributed by atoms with Crippen molar-refractivity contribution >= 4 is 40.3 Å². The number of rotatable bonds is 4. The van der Waals surface area contributed by atoms with Crippen molar-refractivity contribution in [3.8, 4) is 0 Å². The van der Waals surface area contributed by atoms with Crippen LogP contribution in [-0.4, -0.2) is 57.6 Å². The van der Waals surface area contributed by atoms with E-state index in [1.807, 2.05) is 6.07 Å². The van der Waals surface area contributed by atoms with Crippen LogP contribution in [0.2, 0.25) is 5.02 Å². The maximum Gasteiger partial charge on any atom is 0.256 e. The van der Waals surface area contributed by atoms with Crippen molar-refractivity contribution < 1.29 is 14.3 Å². The fourth-order valence-electron chi connectivity index (χ4n) is 3.11. The quantitative estimate of drug-likeness (QED) is 0.726. The molecule has 2 aromatic heterocycles. The number of imidazole rings is 1. The molecule has 9 heteroatoms. The summed E-state index contributed by atoms with van der Waals surface area (Å²) in [5.41, 5.74) is 1.83. The van der Waals surface area contributed by atoms with E-state index in [0.29, 0.717) is 48.2 Å². The van der Waals surface area contributed by atoms with Crippen LogP contribution in [0.4, 0.5) is 5.82 Å². The lowest BCUT2D eigenvalue weighted by atomic mass is 10.1. The monoisotopic (exact) mass is 399 g/mol. The summed E-state index contributed by atoms with van der Waals surface area (Å²) in [4.78, 5) is 35.4. The highest BCUT2D eigenvalue weighted by molar-refractivity contribution is 6.30. The van der Waals surface area contributed by atoms with Crippen LogP contribution in [0.15, 0.2) is 42.9 Å². The number of nitrogens with one attached hydrogen (secondary N) is 1. The van der Waals surface area contributed by atoms with Crippen LogP contribution in [-0.2, 0) is 16.1 Å². The summed E-state index contributed by atoms with van der Waals surface area (Å²) in [6.45, 7) is 2.25. The van der Waals surface area contributed by atoms with Crippen molar-refractivity contribution in [3.63, 3.8) is 0 Å². The number of ether oxygens (including phenoxy) is 1. The van der Waals surface area contributed by atoms with Crippen LogP contribution in [0.5, 0.6) is 0 Å². The number of para-hydroxylation sites is 1. The molecular formula is C19H18ClN5O3. The molecule has 1 N–H and O–H groups in total. The second kappa shape index (κ2) is 7.95. The van der Waals surface area contributed by atoms with E-state index in [2.05, 4.69) is 15.3 Å². The number of aromatic nitrogens is 3. The van der Waals surface area contributed by atoms with Crippen LogP contribution in [0, 0.1) is 0 Å². The number of pyridine rings is 1. The number of fused-ring (bicyclic) bond motifs is 1. The van der Waals surface area contributed by atoms with Gasteiger partial charge in [0.25, 0.3) is 5.91 Å². The van der Waals surface area contributed by atoms with Gasteiger partial charge in [0.05, 0.1) is 35.6 Å². The van der Waals surface area contributed by atoms with Gasteiger partial charge in [0, 0.05) is 19.3 Å². The zero-order valence-electron chi connectivity index (χ0n) is 15.0. The minimum absolute atomic E-state index is 0.0516. The zero-order chi connectivity index (χ0) is 19.5. The molecule has 0 saturated carbocycles. The van der Waals surface area contributed by atoms with Crippen LogP contribution >= 0.6 is 11.6 Å². The molecule has 3 aromatic rings. The summed E-state index contributed by atoms with van der Waals surface area (Å²) in [7, 11) is 0. The summed E-state index contributed by atoms with van der Waals surface area (Å²) in [6, 6.07) is 8.68. The van der Waals surface area contributed by atoms with Gasteiger partial charge in [0.15, 0.2) is 0 Å². The fourth-order valence-corrected chi connectivity index (χ4v) is 3.22. The number of carbonyl (C=O) groups excluding carboxylic acids is 2. The molecule has 0 bridgehead atoms. The minimum Gasteiger partial charge on any atom is -0.378 e. The Morgan fingerprint density at radius 2 is 1.96 bits per heavy atom. The molecule has 8 nitrogen and oxygen atoms in total. The highest BCUT2D eigenvalue weighted by Gasteiger charge is 2.22. The molecule has 0 aliphatic carbocycles. The van der Waals surface area contributed by atoms with E-state index in [4.69, 9.17) is 16.3 Å². The minimum atomic E-state index is -0.251. The highest BCUT2D eigenvalue weighted by atomic mass is 35.5. The smallest absolute Gasteiger partial charge is 0.256 e. The number of hydrogen-bond acceptors (Lipinski definition) is 5. The number of halogens is 1. The van der Waals surface area contributed by atoms with E-state index in [1.54, 1.807) is 40.1 Å². The van der Waals surface area contributed by atoms with Gasteiger partial charge >= 0.3 is 0 Å². The number of hydrogen-bond donors (Lipinski definition) is 1. The van der Waals surface area contributed by atoms with Gasteiger partial charge in [-0.25, -0.2) is 9.97 Å². The molecular weight excluding hydrogens is 382 g/mol. The molecule has 0 radical (unpaired) electrons. The molecule has 0 unspecified atom stereocenters. The van der Waals surface area contributed by atoms with Crippen molar-refractivity contribution in [1.29, 1.82) is 0 Å². The lowest BCUT2D eigenvalue weighted by Gasteiger charge is -2.26. The molecule has 1 aromatic carbocycles. The molecule has 1 fully saturated rings. The Labute approximate surface area is 166 Å². The molecule has 28 heavy (non-hydrogen) atoms. The highest BCUT2D eigenvalue weighted by Crippen LogP contribution is 2.20. The first kappa shape index (κ1) is 18.4. The summed E-state index contributed by atoms with van der Waals surface area (Å²) >= 11 is 5.80. The Morgan fingerprint density at radius 3 is 2.71 bits per heavy atom. The predicted octanol–water partition coefficient (Wildman–Crippen LogP) is 2.20. The van der Waals surface area contributed by atoms with Crippen LogP contribution in [0.3, 0.4) is 0 Å². The third-order valence-electron chi connectivity index (χ3n) is 4.49. The molecule has 1 saturated heterocycles. The van der Waals surface area contributed by atoms with E-state index < -0.39 is 0 Å². The first-order chi connectivity index (χ1) is 13.6. The van der Waals surface area contributed by atoms with Crippen molar-refractivity contribution in [2.45, 2.75) is 6.54 Å². The number of anilines is 1. The second-order valence-corrected chi connectivity index (χ2v) is 6.80. The van der Waals surface area contributed by atoms with Crippen molar-refractivity contribution in [2.75, 3.05) is 31.6 Å². The molecule has 2 amide bonds. The molecule has 3 heterocycles. The maximum atomic E-state index is 12.8. The van der Waals surface area contributed by atoms with Crippen LogP contribution < -0.4 is 5.32 Å². The van der Waals surface area contributed by atoms with Gasteiger partial charge in [-0.15, -0.1) is 0 Å². The molecule has 0 atom stereocenters. The zero-order valence-corrected chi connectivity index (χ0v) is 15.7. The number of carbonyl (C=O) groups is 2. The first-order valence-electron chi connectivity index (χ1n) is 8.84. The lowest BCUT2D eigenvalue weighted by Crippen LogP contribution is -2.40. The van der Waals surface area contributed by atoms with Gasteiger partial charge in [-0.1, -0.05) is 17.7 Å². The van der Waals surface area contributed by atoms with E-state index in [9.17, 15) is 9.59 Å². The molecule has 144 valence electrons. The van der Waals surface area contributed by atoms with Crippen molar-refractivity contribution in [2.24, 2.45) is 0 Å². The summed E-state index contributed by atoms with van der Waals surface area (Å²) < 4.78 is 7.01. The van der Waals surface area contributed by atoms with Crippen LogP contribution in [0.1, 0.15) is 10.4 Å². The van der Waals surface area contributed by atoms with Gasteiger partial charge < -0.3 is 19.5 Å². The van der Waals surface area contributed by atoms with Crippen molar-refractivity contribution in [1.82, 2.24) is 19.4 Å². The number of morpholine rings is 1. The summed E-state index contributed by atoms with van der Waals surface area (Å²) in [6.07, 6.45) is 3.03. The second-order valence-electron chi connectivity index (χ2n) is 6.36. The topological polar surface area (TPSA) is 89.4 Å². The molecule has 4 rings (SSSR count). The number of benzene rings is 1. The number of amides is 2. The van der Waals surface area contributed by atoms with Gasteiger partial charge in [0.2, 0.25) is 5.91 Å². The van der Waals surface area contributed by atoms with E-state index in [0.717, 1.165) is 5.52 Å². The standard InChI is InChI=1S/C19H18ClN5O3/c20-13-4-5-16(21-10-13)23-17(26)11-25-12-22-18-14(2-1-3-15(18)25)19(27)24-6-8-28-9-7-24/h1-5,10,12H,6-9,11H2,(H,21,23,26). The SMILES string of the molecule is O=C(Cn1cnc2c(C(=O)N3CCOCC3)cccc21)Nc1ccc(Cl)cn1. The van der Waals surface area contributed by atoms with Gasteiger partial charge in [0.1, 0.15) is 17.9 Å². The Bertz CT molecular complexity index is 1010. The maximum absolute atomic E-state index is 12.8. The number of nitrogens with zero attached hydrogens (tertiary/aromatic N) is 4. The molecule has 0 spiro atoms. The molecule has 1 aliphatic heterocycles. The van der Waals surface area contributed by atoms with Gasteiger partial charge in [-0.05, 0) is 24.3 Å². The Morgan fingerprint density at radius 1 is 1.14 bits per heavy atom. The third kappa shape index (κ3) is 3.83. The Hall–Kier alpha value is -2.97. The Kier molecular flexibility index (Phi) is 5.23. The average molecular weight is 400 g/mol. The Balaban J connectivity index is 1.53. The van der Waals surface area contributed by atoms with Gasteiger partial charge in [-0.3, -0.25) is 9.59 Å². The normalized spacial score (nSPS) is 14.2. The first-order valence-corrected chi connectivity index (χ1v) is 9.22. The fraction of sp³-hybridized carbons (Fsp3) is 0.263. The predicted molar refractivity (Wildman–Crippen MR) is 104 cm³/mol. The third-order valence-corrected chi connectivity index (χ3v) is 4.71. The van der Waals surface area contributed by atoms with E-state index >= 15 is 0 Å². The van der Waals surface area contributed by atoms with Crippen molar-refractivity contribution in [3.05, 3.63) is 53.4 Å². The van der Waals surface area contributed by atoms with E-state index in [-0.39, 0.29) is 18.4 Å². The van der Waals surface area contributed by atoms with Crippen LogP contribution in [0.25, 0.3) is 11.0 Å². The molecule has 1 aliphatic rings. The average Bonchev–Trinajstić information content (AvgIpc) is 3.13. The van der Waals surface area contributed by atoms with E-state index in [1.165, 1.54) is 6.20 Å². The van der Waals surface area contributed by atoms with Gasteiger partial charge in [-0.2, -0.15) is 0 Å². The summed E-state index contributed by atoms with van der Waals surface area (Å²) in [5.74, 6) is 0.0926. The summed E-state index contributed by atoms with van der Waals surface area (Å²) in [5, 5.41) is 3.21.